The van der Waals surface area contributed by atoms with Gasteiger partial charge in [0, 0.05) is 18.3 Å². The number of nitrogens with zero attached hydrogens (tertiary/aromatic N) is 1. The molecule has 0 aliphatic carbocycles. The number of hydrogen-bond acceptors (Lipinski definition) is 4. The van der Waals surface area contributed by atoms with Crippen LogP contribution in [0.3, 0.4) is 0 Å². The minimum absolute atomic E-state index is 0.0177. The number of anilines is 1. The van der Waals surface area contributed by atoms with E-state index in [0.717, 1.165) is 13.1 Å². The number of benzene rings is 2. The van der Waals surface area contributed by atoms with Gasteiger partial charge in [-0.1, -0.05) is 24.6 Å². The smallest absolute Gasteiger partial charge is 0.387 e. The van der Waals surface area contributed by atoms with Crippen molar-refractivity contribution < 1.29 is 23.0 Å². The number of hydrogen-bond donors (Lipinski definition) is 1. The highest BCUT2D eigenvalue weighted by Crippen LogP contribution is 2.33. The summed E-state index contributed by atoms with van der Waals surface area (Å²) in [4.78, 5) is 15.1. The van der Waals surface area contributed by atoms with Crippen molar-refractivity contribution in [3.05, 3.63) is 53.6 Å². The van der Waals surface area contributed by atoms with Crippen LogP contribution < -0.4 is 14.8 Å². The minimum atomic E-state index is -3.06. The molecule has 156 valence electrons. The molecule has 1 amide bonds. The second-order valence-corrected chi connectivity index (χ2v) is 7.18. The average Bonchev–Trinajstić information content (AvgIpc) is 2.71. The number of halogens is 2. The lowest BCUT2D eigenvalue weighted by atomic mass is 10.0. The Morgan fingerprint density at radius 1 is 1.21 bits per heavy atom. The van der Waals surface area contributed by atoms with E-state index in [-0.39, 0.29) is 17.1 Å². The molecule has 0 spiro atoms. The van der Waals surface area contributed by atoms with E-state index >= 15 is 0 Å². The molecule has 7 heteroatoms. The maximum absolute atomic E-state index is 12.8. The highest BCUT2D eigenvalue weighted by Gasteiger charge is 2.21. The molecule has 5 nitrogen and oxygen atoms in total. The van der Waals surface area contributed by atoms with Gasteiger partial charge in [-0.3, -0.25) is 9.69 Å². The summed E-state index contributed by atoms with van der Waals surface area (Å²) < 4.78 is 35.1. The van der Waals surface area contributed by atoms with Crippen LogP contribution in [0.25, 0.3) is 0 Å². The third kappa shape index (κ3) is 5.44. The molecule has 1 aliphatic heterocycles. The molecule has 2 aromatic carbocycles. The monoisotopic (exact) mass is 404 g/mol. The lowest BCUT2D eigenvalue weighted by molar-refractivity contribution is -0.0515. The average molecular weight is 404 g/mol. The number of nitrogens with one attached hydrogen (secondary N) is 1. The first-order chi connectivity index (χ1) is 14.0. The number of alkyl halides is 2. The van der Waals surface area contributed by atoms with Crippen molar-refractivity contribution in [1.82, 2.24) is 4.90 Å². The molecule has 1 aliphatic rings. The highest BCUT2D eigenvalue weighted by molar-refractivity contribution is 6.06. The Kier molecular flexibility index (Phi) is 7.04. The van der Waals surface area contributed by atoms with Gasteiger partial charge in [-0.2, -0.15) is 8.78 Å². The van der Waals surface area contributed by atoms with Crippen LogP contribution in [0.1, 0.15) is 42.1 Å². The van der Waals surface area contributed by atoms with Crippen molar-refractivity contribution in [3.8, 4) is 11.5 Å². The number of rotatable bonds is 7. The van der Waals surface area contributed by atoms with Crippen molar-refractivity contribution in [1.29, 1.82) is 0 Å². The van der Waals surface area contributed by atoms with Crippen LogP contribution in [-0.2, 0) is 6.54 Å². The molecular weight excluding hydrogens is 378 g/mol. The summed E-state index contributed by atoms with van der Waals surface area (Å²) in [5.74, 6) is -0.751. The van der Waals surface area contributed by atoms with Crippen molar-refractivity contribution in [2.24, 2.45) is 0 Å². The van der Waals surface area contributed by atoms with E-state index < -0.39 is 12.5 Å². The van der Waals surface area contributed by atoms with Crippen molar-refractivity contribution in [3.63, 3.8) is 0 Å². The van der Waals surface area contributed by atoms with Crippen LogP contribution in [0, 0.1) is 0 Å². The van der Waals surface area contributed by atoms with E-state index in [0.29, 0.717) is 11.7 Å². The summed E-state index contributed by atoms with van der Waals surface area (Å²) in [5.41, 5.74) is 1.73. The van der Waals surface area contributed by atoms with Crippen molar-refractivity contribution in [2.75, 3.05) is 19.0 Å². The van der Waals surface area contributed by atoms with Gasteiger partial charge < -0.3 is 14.8 Å². The molecule has 1 N–H and O–H groups in total. The van der Waals surface area contributed by atoms with E-state index in [1.54, 1.807) is 6.07 Å². The summed E-state index contributed by atoms with van der Waals surface area (Å²) >= 11 is 0. The number of carbonyl (C=O) groups is 1. The van der Waals surface area contributed by atoms with Crippen molar-refractivity contribution in [2.45, 2.75) is 45.4 Å². The normalized spacial score (nSPS) is 17.2. The minimum Gasteiger partial charge on any atom is -0.493 e. The molecule has 1 atom stereocenters. The third-order valence-electron chi connectivity index (χ3n) is 5.19. The SMILES string of the molecule is COc1cccc(C(=O)Nc2ccc(CN3CCCCC3C)cc2)c1OC(F)F. The molecule has 1 fully saturated rings. The van der Waals surface area contributed by atoms with Gasteiger partial charge in [0.2, 0.25) is 0 Å². The first kappa shape index (κ1) is 21.0. The number of likely N-dealkylation sites (tertiary alicyclic amines) is 1. The van der Waals surface area contributed by atoms with Crippen molar-refractivity contribution >= 4 is 11.6 Å². The molecular formula is C22H26F2N2O3. The summed E-state index contributed by atoms with van der Waals surface area (Å²) in [6.45, 7) is 1.16. The fourth-order valence-corrected chi connectivity index (χ4v) is 3.58. The van der Waals surface area contributed by atoms with Gasteiger partial charge in [-0.25, -0.2) is 0 Å². The van der Waals surface area contributed by atoms with Crippen LogP contribution >= 0.6 is 0 Å². The quantitative estimate of drug-likeness (QED) is 0.711. The van der Waals surface area contributed by atoms with E-state index in [2.05, 4.69) is 21.9 Å². The number of ether oxygens (including phenoxy) is 2. The van der Waals surface area contributed by atoms with Gasteiger partial charge in [0.15, 0.2) is 11.5 Å². The van der Waals surface area contributed by atoms with Crippen LogP contribution in [0.2, 0.25) is 0 Å². The number of piperidine rings is 1. The first-order valence-corrected chi connectivity index (χ1v) is 9.74. The van der Waals surface area contributed by atoms with Gasteiger partial charge in [0.1, 0.15) is 0 Å². The number of carbonyl (C=O) groups excluding carboxylic acids is 1. The summed E-state index contributed by atoms with van der Waals surface area (Å²) in [5, 5.41) is 2.73. The largest absolute Gasteiger partial charge is 0.493 e. The zero-order valence-corrected chi connectivity index (χ0v) is 16.7. The Hall–Kier alpha value is -2.67. The predicted molar refractivity (Wildman–Crippen MR) is 108 cm³/mol. The predicted octanol–water partition coefficient (Wildman–Crippen LogP) is 4.92. The number of amides is 1. The zero-order valence-electron chi connectivity index (χ0n) is 16.7. The lowest BCUT2D eigenvalue weighted by Crippen LogP contribution is -2.36. The van der Waals surface area contributed by atoms with Crippen LogP contribution in [-0.4, -0.2) is 37.1 Å². The molecule has 29 heavy (non-hydrogen) atoms. The van der Waals surface area contributed by atoms with E-state index in [1.165, 1.54) is 44.1 Å². The van der Waals surface area contributed by atoms with Gasteiger partial charge in [0.25, 0.3) is 5.91 Å². The van der Waals surface area contributed by atoms with Crippen LogP contribution in [0.5, 0.6) is 11.5 Å². The Labute approximate surface area is 169 Å². The topological polar surface area (TPSA) is 50.8 Å². The molecule has 0 aromatic heterocycles. The molecule has 2 aromatic rings. The van der Waals surface area contributed by atoms with E-state index in [1.807, 2.05) is 24.3 Å². The molecule has 1 heterocycles. The number of methoxy groups -OCH3 is 1. The fourth-order valence-electron chi connectivity index (χ4n) is 3.58. The summed E-state index contributed by atoms with van der Waals surface area (Å²) in [6.07, 6.45) is 3.73. The van der Waals surface area contributed by atoms with Gasteiger partial charge in [0.05, 0.1) is 12.7 Å². The Bertz CT molecular complexity index is 827. The number of para-hydroxylation sites is 1. The summed E-state index contributed by atoms with van der Waals surface area (Å²) in [7, 11) is 1.33. The van der Waals surface area contributed by atoms with Crippen LogP contribution in [0.15, 0.2) is 42.5 Å². The maximum Gasteiger partial charge on any atom is 0.387 e. The Morgan fingerprint density at radius 3 is 2.62 bits per heavy atom. The Morgan fingerprint density at radius 2 is 1.97 bits per heavy atom. The van der Waals surface area contributed by atoms with Crippen LogP contribution in [0.4, 0.5) is 14.5 Å². The molecule has 1 unspecified atom stereocenters. The standard InChI is InChI=1S/C22H26F2N2O3/c1-15-6-3-4-13-26(15)14-16-9-11-17(12-10-16)25-21(27)18-7-5-8-19(28-2)20(18)29-22(23)24/h5,7-12,15,22H,3-4,6,13-14H2,1-2H3,(H,25,27). The molecule has 3 rings (SSSR count). The summed E-state index contributed by atoms with van der Waals surface area (Å²) in [6, 6.07) is 12.6. The van der Waals surface area contributed by atoms with E-state index in [9.17, 15) is 13.6 Å². The Balaban J connectivity index is 1.69. The second-order valence-electron chi connectivity index (χ2n) is 7.18. The van der Waals surface area contributed by atoms with E-state index in [4.69, 9.17) is 4.74 Å². The highest BCUT2D eigenvalue weighted by atomic mass is 19.3. The molecule has 1 saturated heterocycles. The van der Waals surface area contributed by atoms with Gasteiger partial charge in [-0.15, -0.1) is 0 Å². The molecule has 0 saturated carbocycles. The first-order valence-electron chi connectivity index (χ1n) is 9.74. The second kappa shape index (κ2) is 9.69. The van der Waals surface area contributed by atoms with Gasteiger partial charge in [-0.05, 0) is 56.1 Å². The molecule has 0 radical (unpaired) electrons. The maximum atomic E-state index is 12.8. The zero-order chi connectivity index (χ0) is 20.8. The lowest BCUT2D eigenvalue weighted by Gasteiger charge is -2.33. The fraction of sp³-hybridized carbons (Fsp3) is 0.409. The van der Waals surface area contributed by atoms with Gasteiger partial charge >= 0.3 is 6.61 Å². The third-order valence-corrected chi connectivity index (χ3v) is 5.19. The molecule has 0 bridgehead atoms.